The molecule has 104 heavy (non-hydrogen) atoms. The zero-order chi connectivity index (χ0) is 76.7. The quantitative estimate of drug-likeness (QED) is 0.0896. The number of amides is 12. The van der Waals surface area contributed by atoms with Gasteiger partial charge in [0.25, 0.3) is 0 Å². The van der Waals surface area contributed by atoms with E-state index in [4.69, 9.17) is 4.74 Å². The number of nitrogens with zero attached hydrogens (tertiary/aromatic N) is 6. The second-order valence-corrected chi connectivity index (χ2v) is 33.6. The number of likely N-dealkylation sites (tertiary alicyclic amines) is 1. The van der Waals surface area contributed by atoms with Crippen LogP contribution < -0.4 is 31.9 Å². The van der Waals surface area contributed by atoms with Gasteiger partial charge in [0.2, 0.25) is 70.9 Å². The van der Waals surface area contributed by atoms with Crippen molar-refractivity contribution in [1.82, 2.24) is 61.3 Å². The molecule has 4 aliphatic carbocycles. The molecule has 0 aromatic heterocycles. The van der Waals surface area contributed by atoms with Gasteiger partial charge < -0.3 is 71.1 Å². The molecule has 0 unspecified atom stereocenters. The minimum absolute atomic E-state index is 0.00792. The zero-order valence-corrected chi connectivity index (χ0v) is 65.8. The maximum absolute atomic E-state index is 16.0. The van der Waals surface area contributed by atoms with Crippen LogP contribution in [0.1, 0.15) is 255 Å². The van der Waals surface area contributed by atoms with Crippen molar-refractivity contribution in [2.24, 2.45) is 35.5 Å². The Balaban J connectivity index is 1.48. The Labute approximate surface area is 621 Å². The standard InChI is InChI=1S/C78H134N12O14/c1-49(2)40-57-68(94)84-67(52(6)91)71(97)82-58(42-53-30-20-15-21-31-53)73(99)86(11)61(41-50(3)4)69(95)83-60(48-104-78(7,8)9)74(100)89(14)64(45-56-36-26-18-27-37-56)77(103)87(12)62(43-54-32-22-16-23-33-54)70(96)81-59(75(101)90-38-28-19-29-39-90)46-65(92)79-51(5)72(98)88(13)63(44-55-34-24-17-25-35-55)76(102)85(10)47-66(93)80-57/h49-64,67,91H,15-48H2,1-14H3,(H,79,92)(H,80,93)(H,81,96)(H,82,97)(H,83,95)(H,84,94)/t51-,52-,57+,58+,59+,60+,61+,62+,63+,64+,67+/m1/s1. The molecule has 2 aliphatic heterocycles. The molecule has 26 heteroatoms. The van der Waals surface area contributed by atoms with Crippen LogP contribution in [0, 0.1) is 35.5 Å². The van der Waals surface area contributed by atoms with E-state index in [0.717, 1.165) is 135 Å². The zero-order valence-electron chi connectivity index (χ0n) is 65.8. The smallest absolute Gasteiger partial charge is 0.247 e. The van der Waals surface area contributed by atoms with Crippen LogP contribution in [0.4, 0.5) is 0 Å². The Morgan fingerprint density at radius 3 is 1.36 bits per heavy atom. The molecule has 0 aromatic rings. The summed E-state index contributed by atoms with van der Waals surface area (Å²) in [6.07, 6.45) is 18.9. The number of aliphatic hydroxyl groups excluding tert-OH is 1. The first kappa shape index (κ1) is 86.5. The van der Waals surface area contributed by atoms with E-state index >= 15 is 24.0 Å². The van der Waals surface area contributed by atoms with Crippen molar-refractivity contribution in [2.75, 3.05) is 61.5 Å². The third-order valence-electron chi connectivity index (χ3n) is 22.8. The van der Waals surface area contributed by atoms with Gasteiger partial charge in [0.05, 0.1) is 31.3 Å². The van der Waals surface area contributed by atoms with Crippen LogP contribution in [0.2, 0.25) is 0 Å². The van der Waals surface area contributed by atoms with E-state index in [1.807, 2.05) is 27.7 Å². The Morgan fingerprint density at radius 1 is 0.442 bits per heavy atom. The van der Waals surface area contributed by atoms with Crippen LogP contribution in [0.3, 0.4) is 0 Å². The highest BCUT2D eigenvalue weighted by Crippen LogP contribution is 2.34. The third-order valence-corrected chi connectivity index (χ3v) is 22.8. The van der Waals surface area contributed by atoms with Crippen molar-refractivity contribution in [3.8, 4) is 0 Å². The number of carbonyl (C=O) groups is 12. The van der Waals surface area contributed by atoms with Gasteiger partial charge >= 0.3 is 0 Å². The molecule has 0 spiro atoms. The predicted molar refractivity (Wildman–Crippen MR) is 397 cm³/mol. The number of hydrogen-bond acceptors (Lipinski definition) is 14. The lowest BCUT2D eigenvalue weighted by molar-refractivity contribution is -0.152. The summed E-state index contributed by atoms with van der Waals surface area (Å²) in [7, 11) is 7.45. The molecule has 7 N–H and O–H groups in total. The van der Waals surface area contributed by atoms with Gasteiger partial charge in [-0.1, -0.05) is 156 Å². The van der Waals surface area contributed by atoms with Crippen LogP contribution in [0.25, 0.3) is 0 Å². The average molecular weight is 1460 g/mol. The molecule has 590 valence electrons. The number of rotatable bonds is 16. The van der Waals surface area contributed by atoms with Crippen molar-refractivity contribution in [3.63, 3.8) is 0 Å². The highest BCUT2D eigenvalue weighted by Gasteiger charge is 2.45. The highest BCUT2D eigenvalue weighted by molar-refractivity contribution is 6.00. The summed E-state index contributed by atoms with van der Waals surface area (Å²) >= 11 is 0. The lowest BCUT2D eigenvalue weighted by Gasteiger charge is -2.39. The van der Waals surface area contributed by atoms with Gasteiger partial charge in [-0.05, 0) is 128 Å². The average Bonchev–Trinajstić information content (AvgIpc) is 0.822. The van der Waals surface area contributed by atoms with Crippen LogP contribution in [0.15, 0.2) is 0 Å². The Hall–Kier alpha value is -6.44. The summed E-state index contributed by atoms with van der Waals surface area (Å²) < 4.78 is 6.33. The summed E-state index contributed by atoms with van der Waals surface area (Å²) in [5.74, 6) is -8.39. The minimum atomic E-state index is -1.65. The van der Waals surface area contributed by atoms with Crippen molar-refractivity contribution in [3.05, 3.63) is 0 Å². The minimum Gasteiger partial charge on any atom is -0.391 e. The molecular weight excluding hydrogens is 1330 g/mol. The van der Waals surface area contributed by atoms with Gasteiger partial charge in [-0.15, -0.1) is 0 Å². The lowest BCUT2D eigenvalue weighted by Crippen LogP contribution is -2.62. The van der Waals surface area contributed by atoms with Crippen molar-refractivity contribution < 1.29 is 67.4 Å². The van der Waals surface area contributed by atoms with Gasteiger partial charge in [0, 0.05) is 48.3 Å². The van der Waals surface area contributed by atoms with Crippen LogP contribution in [0.5, 0.6) is 0 Å². The molecule has 0 bridgehead atoms. The van der Waals surface area contributed by atoms with E-state index in [1.165, 1.54) is 66.5 Å². The fraction of sp³-hybridized carbons (Fsp3) is 0.846. The summed E-state index contributed by atoms with van der Waals surface area (Å²) in [6.45, 7) is 15.6. The largest absolute Gasteiger partial charge is 0.391 e. The molecule has 6 fully saturated rings. The van der Waals surface area contributed by atoms with Crippen LogP contribution in [-0.2, 0) is 62.3 Å². The van der Waals surface area contributed by atoms with E-state index < -0.39 is 156 Å². The predicted octanol–water partition coefficient (Wildman–Crippen LogP) is 6.27. The number of nitrogens with one attached hydrogen (secondary N) is 6. The van der Waals surface area contributed by atoms with E-state index in [9.17, 15) is 38.7 Å². The molecule has 12 amide bonds. The second-order valence-electron chi connectivity index (χ2n) is 33.6. The van der Waals surface area contributed by atoms with Crippen molar-refractivity contribution in [2.45, 2.75) is 327 Å². The fourth-order valence-electron chi connectivity index (χ4n) is 16.6. The van der Waals surface area contributed by atoms with E-state index in [2.05, 4.69) is 31.9 Å². The highest BCUT2D eigenvalue weighted by atomic mass is 16.5. The Bertz CT molecular complexity index is 2860. The number of hydrogen-bond donors (Lipinski definition) is 7. The summed E-state index contributed by atoms with van der Waals surface area (Å²) in [5, 5.41) is 28.4. The lowest BCUT2D eigenvalue weighted by atomic mass is 9.83. The monoisotopic (exact) mass is 1460 g/mol. The number of ether oxygens (including phenoxy) is 1. The first-order valence-electron chi connectivity index (χ1n) is 39.9. The van der Waals surface area contributed by atoms with E-state index in [1.54, 1.807) is 32.7 Å². The topological polar surface area (TPSA) is 326 Å². The first-order chi connectivity index (χ1) is 49.1. The van der Waals surface area contributed by atoms with E-state index in [0.29, 0.717) is 25.9 Å². The van der Waals surface area contributed by atoms with Crippen molar-refractivity contribution >= 4 is 70.9 Å². The molecule has 2 heterocycles. The molecule has 2 saturated heterocycles. The SMILES string of the molecule is CC(C)C[C@@H]1NC(=O)CN(C)C(=O)[C@H](CC2CCCCC2)N(C)C(=O)[C@@H](C)NC(=O)C[C@@H](C(=O)N2CCCCC2)NC(=O)[C@H](CC2CCCCC2)N(C)C(=O)[C@H](CC2CCCCC2)N(C)C(=O)[C@H](COC(C)(C)C)NC(=O)[C@H](CC(C)C)N(C)C(=O)[C@H](CC2CCCCC2)NC(=O)[C@H]([C@@H](C)O)NC1=O. The number of piperidine rings is 1. The molecule has 6 rings (SSSR count). The number of carbonyl (C=O) groups excluding carboxylic acids is 12. The van der Waals surface area contributed by atoms with Crippen LogP contribution in [-0.4, -0.2) is 239 Å². The van der Waals surface area contributed by atoms with Gasteiger partial charge in [0.1, 0.15) is 60.4 Å². The molecule has 11 atom stereocenters. The number of likely N-dealkylation sites (N-methyl/N-ethyl adjacent to an activating group) is 5. The molecule has 0 radical (unpaired) electrons. The van der Waals surface area contributed by atoms with Crippen molar-refractivity contribution in [1.29, 1.82) is 0 Å². The number of aliphatic hydroxyl groups is 1. The molecule has 4 saturated carbocycles. The fourth-order valence-corrected chi connectivity index (χ4v) is 16.6. The van der Waals surface area contributed by atoms with E-state index in [-0.39, 0.29) is 80.6 Å². The maximum Gasteiger partial charge on any atom is 0.247 e. The third kappa shape index (κ3) is 26.5. The second kappa shape index (κ2) is 41.6. The molecular formula is C78H134N12O14. The summed E-state index contributed by atoms with van der Waals surface area (Å²) in [6, 6.07) is -13.0. The maximum atomic E-state index is 16.0. The summed E-state index contributed by atoms with van der Waals surface area (Å²) in [4.78, 5) is 189. The summed E-state index contributed by atoms with van der Waals surface area (Å²) in [5.41, 5.74) is -0.830. The Morgan fingerprint density at radius 2 is 0.865 bits per heavy atom. The van der Waals surface area contributed by atoms with Gasteiger partial charge in [-0.2, -0.15) is 0 Å². The normalized spacial score (nSPS) is 28.8. The molecule has 6 aliphatic rings. The molecule has 0 aromatic carbocycles. The molecule has 26 nitrogen and oxygen atoms in total. The van der Waals surface area contributed by atoms with Gasteiger partial charge in [-0.3, -0.25) is 57.5 Å². The van der Waals surface area contributed by atoms with Gasteiger partial charge in [-0.25, -0.2) is 0 Å². The first-order valence-corrected chi connectivity index (χ1v) is 39.9. The van der Waals surface area contributed by atoms with Crippen LogP contribution >= 0.6 is 0 Å². The van der Waals surface area contributed by atoms with Gasteiger partial charge in [0.15, 0.2) is 0 Å². The Kier molecular flexibility index (Phi) is 34.6.